The summed E-state index contributed by atoms with van der Waals surface area (Å²) in [5.74, 6) is 0. The van der Waals surface area contributed by atoms with E-state index in [1.165, 1.54) is 70.7 Å². The predicted molar refractivity (Wildman–Crippen MR) is 247 cm³/mol. The van der Waals surface area contributed by atoms with Gasteiger partial charge in [-0.15, -0.1) is 0 Å². The van der Waals surface area contributed by atoms with E-state index in [1.54, 1.807) is 0 Å². The molecule has 0 aliphatic rings. The molecule has 364 valence electrons. The molecule has 4 aromatic heterocycles. The van der Waals surface area contributed by atoms with E-state index in [0.29, 0.717) is 28.5 Å². The van der Waals surface area contributed by atoms with Crippen LogP contribution in [0.2, 0.25) is 0 Å². The van der Waals surface area contributed by atoms with Crippen LogP contribution in [0.1, 0.15) is 12.8 Å². The molecule has 4 N–H and O–H groups in total. The first-order chi connectivity index (χ1) is 32.9. The van der Waals surface area contributed by atoms with Gasteiger partial charge in [0, 0.05) is 90.8 Å². The van der Waals surface area contributed by atoms with Crippen LogP contribution in [-0.4, -0.2) is 66.1 Å². The van der Waals surface area contributed by atoms with Crippen LogP contribution in [0.15, 0.2) is 67.7 Å². The summed E-state index contributed by atoms with van der Waals surface area (Å²) >= 11 is 0. The number of nitro benzene ring substituents is 6. The summed E-state index contributed by atoms with van der Waals surface area (Å²) in [6.45, 7) is 0.224. The summed E-state index contributed by atoms with van der Waals surface area (Å²) in [5.41, 5.74) is 7.61. The summed E-state index contributed by atoms with van der Waals surface area (Å²) in [4.78, 5) is 114. The number of fused-ring (bicyclic) bond motifs is 4. The lowest BCUT2D eigenvalue weighted by atomic mass is 10.2. The maximum atomic E-state index is 12.8. The molecule has 8 aromatic rings. The second kappa shape index (κ2) is 17.6. The van der Waals surface area contributed by atoms with Crippen molar-refractivity contribution >= 4 is 89.6 Å². The molecule has 32 heteroatoms. The minimum Gasteiger partial charge on any atom is -0.393 e. The number of anilines is 2. The fraction of sp³-hybridized carbons (Fsp3) is 0.263. The number of rotatable bonds is 14. The van der Waals surface area contributed by atoms with Crippen molar-refractivity contribution in [1.29, 1.82) is 0 Å². The Morgan fingerprint density at radius 2 is 0.529 bits per heavy atom. The van der Waals surface area contributed by atoms with E-state index in [0.717, 1.165) is 42.5 Å². The smallest absolute Gasteiger partial charge is 0.348 e. The Bertz CT molecular complexity index is 3750. The van der Waals surface area contributed by atoms with Gasteiger partial charge in [0.1, 0.15) is 11.4 Å². The Balaban J connectivity index is 0.000000208. The van der Waals surface area contributed by atoms with E-state index >= 15 is 0 Å². The van der Waals surface area contributed by atoms with Crippen molar-refractivity contribution in [1.82, 2.24) is 36.5 Å². The first kappa shape index (κ1) is 47.9. The number of aromatic nitrogens is 8. The molecule has 0 aliphatic carbocycles. The van der Waals surface area contributed by atoms with Gasteiger partial charge in [-0.3, -0.25) is 97.2 Å². The molecule has 0 spiro atoms. The number of nitrogens with zero attached hydrogens (tertiary/aromatic N) is 14. The molecule has 0 bridgehead atoms. The molecule has 0 unspecified atom stereocenters. The minimum atomic E-state index is -0.929. The predicted octanol–water partition coefficient (Wildman–Crippen LogP) is 2.78. The Morgan fingerprint density at radius 3 is 0.786 bits per heavy atom. The van der Waals surface area contributed by atoms with Crippen LogP contribution in [0, 0.1) is 60.7 Å². The number of nitro groups is 6. The van der Waals surface area contributed by atoms with Crippen LogP contribution in [0.3, 0.4) is 0 Å². The van der Waals surface area contributed by atoms with Crippen LogP contribution in [0.25, 0.3) is 44.1 Å². The summed E-state index contributed by atoms with van der Waals surface area (Å²) < 4.78 is 9.96. The highest BCUT2D eigenvalue weighted by molar-refractivity contribution is 5.87. The third-order valence-electron chi connectivity index (χ3n) is 11.8. The quantitative estimate of drug-likeness (QED) is 0.0898. The van der Waals surface area contributed by atoms with Crippen molar-refractivity contribution in [2.45, 2.75) is 39.0 Å². The number of hydrogen-bond acceptors (Lipinski definition) is 18. The van der Waals surface area contributed by atoms with Gasteiger partial charge < -0.3 is 11.5 Å². The van der Waals surface area contributed by atoms with Crippen molar-refractivity contribution < 1.29 is 29.5 Å². The average Bonchev–Trinajstić information content (AvgIpc) is 3.87. The minimum absolute atomic E-state index is 0.0470. The molecule has 0 fully saturated rings. The molecule has 4 heterocycles. The number of aryl methyl sites for hydroxylation is 8. The van der Waals surface area contributed by atoms with E-state index in [1.807, 2.05) is 0 Å². The molecule has 0 saturated heterocycles. The van der Waals surface area contributed by atoms with Gasteiger partial charge in [-0.25, -0.2) is 19.2 Å². The largest absolute Gasteiger partial charge is 0.393 e. The maximum Gasteiger partial charge on any atom is 0.348 e. The monoisotopic (exact) mass is 972 g/mol. The van der Waals surface area contributed by atoms with Crippen LogP contribution in [0.5, 0.6) is 0 Å². The van der Waals surface area contributed by atoms with Crippen molar-refractivity contribution in [3.05, 3.63) is 151 Å². The summed E-state index contributed by atoms with van der Waals surface area (Å²) in [7, 11) is 5.73. The third-order valence-corrected chi connectivity index (χ3v) is 11.8. The molecule has 0 radical (unpaired) electrons. The summed E-state index contributed by atoms with van der Waals surface area (Å²) in [6.07, 6.45) is 0.417. The molecular formula is C38H36N16O16. The Morgan fingerprint density at radius 1 is 0.343 bits per heavy atom. The highest BCUT2D eigenvalue weighted by Gasteiger charge is 2.30. The number of benzene rings is 4. The van der Waals surface area contributed by atoms with Gasteiger partial charge in [-0.2, -0.15) is 0 Å². The fourth-order valence-electron chi connectivity index (χ4n) is 8.30. The lowest BCUT2D eigenvalue weighted by molar-refractivity contribution is -0.422. The average molecular weight is 973 g/mol. The molecule has 0 atom stereocenters. The van der Waals surface area contributed by atoms with Crippen molar-refractivity contribution in [3.63, 3.8) is 0 Å². The molecule has 8 rings (SSSR count). The van der Waals surface area contributed by atoms with Crippen molar-refractivity contribution in [2.75, 3.05) is 11.5 Å². The zero-order chi connectivity index (χ0) is 51.5. The molecular weight excluding hydrogens is 937 g/mol. The van der Waals surface area contributed by atoms with Crippen LogP contribution in [-0.2, 0) is 54.4 Å². The molecule has 70 heavy (non-hydrogen) atoms. The summed E-state index contributed by atoms with van der Waals surface area (Å²) in [5, 5.41) is 67.7. The van der Waals surface area contributed by atoms with Gasteiger partial charge in [-0.1, -0.05) is 0 Å². The van der Waals surface area contributed by atoms with Gasteiger partial charge in [0.05, 0.1) is 73.7 Å². The fourth-order valence-corrected chi connectivity index (χ4v) is 8.30. The third kappa shape index (κ3) is 7.93. The summed E-state index contributed by atoms with van der Waals surface area (Å²) in [6, 6.07) is 9.01. The number of nitrogen functional groups attached to an aromatic ring is 2. The molecule has 0 saturated carbocycles. The lowest BCUT2D eigenvalue weighted by Crippen LogP contribution is -2.25. The van der Waals surface area contributed by atoms with E-state index in [-0.39, 0.29) is 83.1 Å². The molecule has 0 aliphatic heterocycles. The highest BCUT2D eigenvalue weighted by atomic mass is 16.7. The normalized spacial score (nSPS) is 11.4. The van der Waals surface area contributed by atoms with Gasteiger partial charge in [-0.05, 0) is 25.0 Å². The van der Waals surface area contributed by atoms with Crippen LogP contribution >= 0.6 is 0 Å². The number of hydrogen-bond donors (Lipinski definition) is 2. The van der Waals surface area contributed by atoms with Crippen LogP contribution in [0.4, 0.5) is 45.5 Å². The zero-order valence-corrected chi connectivity index (χ0v) is 36.8. The van der Waals surface area contributed by atoms with E-state index in [9.17, 15) is 79.9 Å². The maximum absolute atomic E-state index is 12.8. The first-order valence-corrected chi connectivity index (χ1v) is 20.2. The Kier molecular flexibility index (Phi) is 12.1. The van der Waals surface area contributed by atoms with E-state index in [4.69, 9.17) is 11.5 Å². The van der Waals surface area contributed by atoms with Crippen molar-refractivity contribution in [2.24, 2.45) is 28.2 Å². The van der Waals surface area contributed by atoms with Gasteiger partial charge in [0.25, 0.3) is 11.4 Å². The Hall–Kier alpha value is -10.0. The van der Waals surface area contributed by atoms with Crippen LogP contribution < -0.4 is 34.2 Å². The number of imidazole rings is 4. The molecule has 0 amide bonds. The second-order valence-electron chi connectivity index (χ2n) is 15.7. The highest BCUT2D eigenvalue weighted by Crippen LogP contribution is 2.34. The Labute approximate surface area is 385 Å². The lowest BCUT2D eigenvalue weighted by Gasteiger charge is -2.06. The SMILES string of the molecule is Cn1c(=O)n(CCCn2c(=O)n(C)c3cc(N)c([N+](=O)[O-])cc32)c2cc(N)c([N+](=O)[O-])cc21.Cn1c(=O)n(CCCn2c(=O)n(C)c3cc([N+](=O)[O-])c([N+](=O)[O-])cc32)c2cc([N+](=O)[O-])c([N+](=O)[O-])cc21. The van der Waals surface area contributed by atoms with Gasteiger partial charge in [0.2, 0.25) is 0 Å². The van der Waals surface area contributed by atoms with Crippen molar-refractivity contribution in [3.8, 4) is 0 Å². The zero-order valence-electron chi connectivity index (χ0n) is 36.8. The topological polar surface area (TPSA) is 419 Å². The van der Waals surface area contributed by atoms with Gasteiger partial charge in [0.15, 0.2) is 0 Å². The molecule has 4 aromatic carbocycles. The molecule has 32 nitrogen and oxygen atoms in total. The van der Waals surface area contributed by atoms with E-state index < -0.39 is 69.4 Å². The second-order valence-corrected chi connectivity index (χ2v) is 15.7. The standard InChI is InChI=1S/C19H16N8O10.C19H20N8O6/c1-20-10-6-14(24(30)31)16(26(34)35)8-12(10)22(18(20)28)4-3-5-23-13-9-17(27(36)37)15(25(32)33)7-11(13)21(2)19(23)29;1-22-14-6-10(20)13(27(32)33)9-17(14)25(18(22)28)5-3-4-24-16-7-11(21)12(26(30)31)8-15(16)23(2)19(24)29/h6-9H,3-5H2,1-2H3;6-9H,3-5,20-21H2,1-2H3. The number of nitrogens with two attached hydrogens (primary N) is 2. The van der Waals surface area contributed by atoms with Gasteiger partial charge >= 0.3 is 45.5 Å². The van der Waals surface area contributed by atoms with E-state index in [2.05, 4.69) is 0 Å². The first-order valence-electron chi connectivity index (χ1n) is 20.2.